The minimum atomic E-state index is -3.74. The molecule has 0 radical (unpaired) electrons. The molecule has 2 atom stereocenters. The highest BCUT2D eigenvalue weighted by Crippen LogP contribution is 2.25. The molecule has 1 fully saturated rings. The highest BCUT2D eigenvalue weighted by molar-refractivity contribution is 7.89. The summed E-state index contributed by atoms with van der Waals surface area (Å²) in [4.78, 5) is 12.6. The van der Waals surface area contributed by atoms with Crippen molar-refractivity contribution in [2.75, 3.05) is 18.4 Å². The highest BCUT2D eigenvalue weighted by Gasteiger charge is 2.32. The molecule has 7 nitrogen and oxygen atoms in total. The number of nitrogens with zero attached hydrogens (tertiary/aromatic N) is 2. The van der Waals surface area contributed by atoms with Crippen molar-refractivity contribution in [3.63, 3.8) is 0 Å². The summed E-state index contributed by atoms with van der Waals surface area (Å²) >= 11 is 1.24. The number of carbonyl (C=O) groups excluding carboxylic acids is 1. The van der Waals surface area contributed by atoms with Crippen LogP contribution in [0.5, 0.6) is 0 Å². The number of hydrogen-bond acceptors (Lipinski definition) is 6. The summed E-state index contributed by atoms with van der Waals surface area (Å²) in [5, 5.41) is 13.8. The summed E-state index contributed by atoms with van der Waals surface area (Å²) in [5.41, 5.74) is 0.580. The van der Waals surface area contributed by atoms with Gasteiger partial charge in [0.2, 0.25) is 10.0 Å². The van der Waals surface area contributed by atoms with Gasteiger partial charge in [-0.1, -0.05) is 6.07 Å². The van der Waals surface area contributed by atoms with Crippen LogP contribution in [-0.2, 0) is 14.8 Å². The molecule has 1 aliphatic heterocycles. The zero-order valence-electron chi connectivity index (χ0n) is 14.9. The number of sulfonamides is 1. The maximum absolute atomic E-state index is 13.0. The predicted octanol–water partition coefficient (Wildman–Crippen LogP) is 2.67. The number of thiophene rings is 1. The number of rotatable bonds is 4. The molecule has 2 heterocycles. The number of ether oxygens (including phenoxy) is 1. The van der Waals surface area contributed by atoms with Crippen molar-refractivity contribution >= 4 is 32.3 Å². The van der Waals surface area contributed by atoms with E-state index in [4.69, 9.17) is 10.00 Å². The number of nitrogens with one attached hydrogen (secondary N) is 1. The first-order valence-corrected chi connectivity index (χ1v) is 10.7. The number of anilines is 1. The molecule has 1 aromatic heterocycles. The monoisotopic (exact) mass is 405 g/mol. The first-order chi connectivity index (χ1) is 12.8. The Morgan fingerprint density at radius 1 is 1.30 bits per heavy atom. The summed E-state index contributed by atoms with van der Waals surface area (Å²) in [6.45, 7) is 4.19. The number of hydrogen-bond donors (Lipinski definition) is 1. The largest absolute Gasteiger partial charge is 0.373 e. The summed E-state index contributed by atoms with van der Waals surface area (Å²) < 4.78 is 32.9. The van der Waals surface area contributed by atoms with Crippen molar-refractivity contribution in [1.82, 2.24) is 4.31 Å². The highest BCUT2D eigenvalue weighted by atomic mass is 32.2. The third-order valence-corrected chi connectivity index (χ3v) is 6.79. The SMILES string of the molecule is C[C@@H]1CN(S(=O)(=O)c2cccc(C(=O)Nc3sccc3C#N)c2)C[C@H](C)O1. The number of amides is 1. The van der Waals surface area contributed by atoms with Crippen LogP contribution in [0.1, 0.15) is 29.8 Å². The smallest absolute Gasteiger partial charge is 0.256 e. The lowest BCUT2D eigenvalue weighted by molar-refractivity contribution is -0.0440. The second kappa shape index (κ2) is 7.78. The van der Waals surface area contributed by atoms with E-state index in [1.807, 2.05) is 19.9 Å². The topological polar surface area (TPSA) is 99.5 Å². The van der Waals surface area contributed by atoms with Crippen LogP contribution in [0.3, 0.4) is 0 Å². The molecule has 1 aliphatic rings. The van der Waals surface area contributed by atoms with Crippen LogP contribution in [0.4, 0.5) is 5.00 Å². The first kappa shape index (κ1) is 19.5. The minimum Gasteiger partial charge on any atom is -0.373 e. The molecule has 1 saturated heterocycles. The molecule has 1 amide bonds. The second-order valence-electron chi connectivity index (χ2n) is 6.34. The van der Waals surface area contributed by atoms with Gasteiger partial charge < -0.3 is 10.1 Å². The lowest BCUT2D eigenvalue weighted by Crippen LogP contribution is -2.48. The molecule has 9 heteroatoms. The van der Waals surface area contributed by atoms with Gasteiger partial charge in [0.05, 0.1) is 22.7 Å². The van der Waals surface area contributed by atoms with Crippen molar-refractivity contribution in [2.45, 2.75) is 31.0 Å². The Bertz CT molecular complexity index is 984. The molecule has 0 spiro atoms. The summed E-state index contributed by atoms with van der Waals surface area (Å²) in [5.74, 6) is -0.463. The molecule has 2 aromatic rings. The van der Waals surface area contributed by atoms with E-state index in [2.05, 4.69) is 5.32 Å². The van der Waals surface area contributed by atoms with Crippen molar-refractivity contribution in [3.8, 4) is 6.07 Å². The van der Waals surface area contributed by atoms with Gasteiger partial charge in [-0.25, -0.2) is 8.42 Å². The van der Waals surface area contributed by atoms with Gasteiger partial charge in [0.25, 0.3) is 5.91 Å². The third kappa shape index (κ3) is 4.20. The molecule has 0 bridgehead atoms. The Balaban J connectivity index is 1.84. The fourth-order valence-electron chi connectivity index (χ4n) is 2.94. The lowest BCUT2D eigenvalue weighted by atomic mass is 10.2. The summed E-state index contributed by atoms with van der Waals surface area (Å²) in [6, 6.07) is 9.52. The molecular weight excluding hydrogens is 386 g/mol. The number of benzene rings is 1. The van der Waals surface area contributed by atoms with Crippen LogP contribution in [0.15, 0.2) is 40.6 Å². The van der Waals surface area contributed by atoms with Gasteiger partial charge in [0.1, 0.15) is 11.1 Å². The van der Waals surface area contributed by atoms with Crippen molar-refractivity contribution in [1.29, 1.82) is 5.26 Å². The molecule has 1 N–H and O–H groups in total. The Hall–Kier alpha value is -2.25. The molecule has 3 rings (SSSR count). The molecule has 0 aliphatic carbocycles. The minimum absolute atomic E-state index is 0.0585. The molecular formula is C18H19N3O4S2. The van der Waals surface area contributed by atoms with E-state index in [1.165, 1.54) is 33.8 Å². The number of nitriles is 1. The zero-order valence-corrected chi connectivity index (χ0v) is 16.5. The zero-order chi connectivity index (χ0) is 19.6. The van der Waals surface area contributed by atoms with Crippen LogP contribution in [-0.4, -0.2) is 43.9 Å². The normalized spacial score (nSPS) is 20.8. The number of carbonyl (C=O) groups is 1. The Morgan fingerprint density at radius 2 is 2.00 bits per heavy atom. The van der Waals surface area contributed by atoms with Crippen molar-refractivity contribution in [3.05, 3.63) is 46.8 Å². The summed E-state index contributed by atoms with van der Waals surface area (Å²) in [6.07, 6.45) is -0.392. The first-order valence-electron chi connectivity index (χ1n) is 8.36. The van der Waals surface area contributed by atoms with Gasteiger partial charge in [-0.05, 0) is 43.5 Å². The van der Waals surface area contributed by atoms with Crippen LogP contribution in [0.25, 0.3) is 0 Å². The van der Waals surface area contributed by atoms with E-state index in [1.54, 1.807) is 17.5 Å². The van der Waals surface area contributed by atoms with Crippen LogP contribution in [0.2, 0.25) is 0 Å². The van der Waals surface area contributed by atoms with Crippen molar-refractivity contribution in [2.24, 2.45) is 0 Å². The van der Waals surface area contributed by atoms with Crippen LogP contribution >= 0.6 is 11.3 Å². The summed E-state index contributed by atoms with van der Waals surface area (Å²) in [7, 11) is -3.74. The maximum atomic E-state index is 13.0. The quantitative estimate of drug-likeness (QED) is 0.843. The van der Waals surface area contributed by atoms with Gasteiger partial charge in [-0.3, -0.25) is 4.79 Å². The van der Waals surface area contributed by atoms with Gasteiger partial charge in [0, 0.05) is 18.7 Å². The van der Waals surface area contributed by atoms with Gasteiger partial charge >= 0.3 is 0 Å². The van der Waals surface area contributed by atoms with E-state index in [9.17, 15) is 13.2 Å². The maximum Gasteiger partial charge on any atom is 0.256 e. The lowest BCUT2D eigenvalue weighted by Gasteiger charge is -2.34. The Morgan fingerprint density at radius 3 is 2.67 bits per heavy atom. The second-order valence-corrected chi connectivity index (χ2v) is 9.19. The van der Waals surface area contributed by atoms with Gasteiger partial charge in [-0.2, -0.15) is 9.57 Å². The van der Waals surface area contributed by atoms with E-state index >= 15 is 0 Å². The Labute approximate surface area is 162 Å². The van der Waals surface area contributed by atoms with E-state index in [-0.39, 0.29) is 35.8 Å². The fraction of sp³-hybridized carbons (Fsp3) is 0.333. The average Bonchev–Trinajstić information content (AvgIpc) is 3.08. The van der Waals surface area contributed by atoms with Gasteiger partial charge in [0.15, 0.2) is 0 Å². The number of morpholine rings is 1. The Kier molecular flexibility index (Phi) is 5.62. The van der Waals surface area contributed by atoms with E-state index in [0.717, 1.165) is 0 Å². The molecule has 27 heavy (non-hydrogen) atoms. The molecule has 142 valence electrons. The van der Waals surface area contributed by atoms with Gasteiger partial charge in [-0.15, -0.1) is 11.3 Å². The predicted molar refractivity (Wildman–Crippen MR) is 102 cm³/mol. The van der Waals surface area contributed by atoms with Crippen molar-refractivity contribution < 1.29 is 17.9 Å². The molecule has 0 saturated carbocycles. The molecule has 0 unspecified atom stereocenters. The average molecular weight is 406 g/mol. The molecule has 1 aromatic carbocycles. The van der Waals surface area contributed by atoms with Crippen LogP contribution < -0.4 is 5.32 Å². The van der Waals surface area contributed by atoms with E-state index < -0.39 is 15.9 Å². The standard InChI is InChI=1S/C18H19N3O4S2/c1-12-10-21(11-13(2)25-12)27(23,24)16-5-3-4-14(8-16)17(22)20-18-15(9-19)6-7-26-18/h3-8,12-13H,10-11H2,1-2H3,(H,20,22)/t12-,13+. The van der Waals surface area contributed by atoms with Crippen LogP contribution in [0, 0.1) is 11.3 Å². The van der Waals surface area contributed by atoms with E-state index in [0.29, 0.717) is 10.6 Å². The third-order valence-electron chi connectivity index (χ3n) is 4.13. The fourth-order valence-corrected chi connectivity index (χ4v) is 5.31.